The highest BCUT2D eigenvalue weighted by atomic mass is 19.4. The number of cyclic esters (lactones) is 1. The van der Waals surface area contributed by atoms with E-state index >= 15 is 0 Å². The van der Waals surface area contributed by atoms with Crippen molar-refractivity contribution in [2.75, 3.05) is 0 Å². The van der Waals surface area contributed by atoms with Gasteiger partial charge in [-0.1, -0.05) is 18.2 Å². The molecule has 1 aromatic rings. The number of esters is 1. The van der Waals surface area contributed by atoms with Crippen molar-refractivity contribution < 1.29 is 27.4 Å². The number of hydrogen-bond acceptors (Lipinski definition) is 3. The van der Waals surface area contributed by atoms with E-state index in [1.54, 1.807) is 19.9 Å². The van der Waals surface area contributed by atoms with Gasteiger partial charge in [-0.2, -0.15) is 13.2 Å². The second kappa shape index (κ2) is 6.10. The largest absolute Gasteiger partial charge is 0.457 e. The van der Waals surface area contributed by atoms with Crippen molar-refractivity contribution >= 4 is 5.97 Å². The third-order valence-electron chi connectivity index (χ3n) is 3.37. The first-order valence-electron chi connectivity index (χ1n) is 7.03. The second-order valence-corrected chi connectivity index (χ2v) is 5.70. The van der Waals surface area contributed by atoms with Crippen molar-refractivity contribution in [1.82, 2.24) is 0 Å². The molecule has 0 saturated heterocycles. The molecule has 23 heavy (non-hydrogen) atoms. The summed E-state index contributed by atoms with van der Waals surface area (Å²) in [5.74, 6) is -1.43. The summed E-state index contributed by atoms with van der Waals surface area (Å²) in [6.07, 6.45) is -1.20. The fourth-order valence-electron chi connectivity index (χ4n) is 2.34. The molecule has 0 bridgehead atoms. The Kier molecular flexibility index (Phi) is 4.54. The molecule has 1 heterocycles. The number of ether oxygens (including phenoxy) is 2. The number of hydrogen-bond donors (Lipinski definition) is 0. The van der Waals surface area contributed by atoms with Crippen LogP contribution in [0.4, 0.5) is 13.2 Å². The summed E-state index contributed by atoms with van der Waals surface area (Å²) in [6.45, 7) is 6.93. The number of carbonyl (C=O) groups is 1. The zero-order valence-corrected chi connectivity index (χ0v) is 12.8. The molecular weight excluding hydrogens is 309 g/mol. The van der Waals surface area contributed by atoms with Gasteiger partial charge in [0.1, 0.15) is 5.76 Å². The van der Waals surface area contributed by atoms with Crippen molar-refractivity contribution in [1.29, 1.82) is 0 Å². The van der Waals surface area contributed by atoms with Crippen molar-refractivity contribution in [2.24, 2.45) is 0 Å². The minimum atomic E-state index is -4.37. The summed E-state index contributed by atoms with van der Waals surface area (Å²) in [4.78, 5) is 11.5. The molecule has 0 radical (unpaired) electrons. The second-order valence-electron chi connectivity index (χ2n) is 5.70. The van der Waals surface area contributed by atoms with E-state index in [1.165, 1.54) is 18.2 Å². The van der Waals surface area contributed by atoms with E-state index in [-0.39, 0.29) is 5.92 Å². The van der Waals surface area contributed by atoms with Gasteiger partial charge in [0, 0.05) is 26.2 Å². The topological polar surface area (TPSA) is 35.5 Å². The fourth-order valence-corrected chi connectivity index (χ4v) is 2.34. The van der Waals surface area contributed by atoms with Crippen LogP contribution in [0.15, 0.2) is 48.8 Å². The van der Waals surface area contributed by atoms with Crippen LogP contribution in [-0.4, -0.2) is 11.8 Å². The highest BCUT2D eigenvalue weighted by Gasteiger charge is 2.32. The first-order valence-corrected chi connectivity index (χ1v) is 7.03. The number of carbonyl (C=O) groups excluding carboxylic acids is 1. The lowest BCUT2D eigenvalue weighted by Gasteiger charge is -2.31. The van der Waals surface area contributed by atoms with Crippen molar-refractivity contribution in [3.05, 3.63) is 59.9 Å². The standard InChI is InChI=1S/C17H17F3O3/c1-4-11(9-14-10-15(21)23-16(2,3)22-14)12-5-7-13(8-6-12)17(18,19)20/h4-8,10-11H,1,9H2,2-3H3/t11-/m1/s1. The van der Waals surface area contributed by atoms with E-state index in [4.69, 9.17) is 9.47 Å². The molecule has 0 fully saturated rings. The minimum absolute atomic E-state index is 0.273. The summed E-state index contributed by atoms with van der Waals surface area (Å²) >= 11 is 0. The molecule has 0 spiro atoms. The summed E-state index contributed by atoms with van der Waals surface area (Å²) in [5.41, 5.74) is -0.0452. The van der Waals surface area contributed by atoms with Gasteiger partial charge in [0.15, 0.2) is 0 Å². The average Bonchev–Trinajstić information content (AvgIpc) is 2.42. The van der Waals surface area contributed by atoms with E-state index < -0.39 is 23.5 Å². The van der Waals surface area contributed by atoms with E-state index in [9.17, 15) is 18.0 Å². The third kappa shape index (κ3) is 4.37. The average molecular weight is 326 g/mol. The summed E-state index contributed by atoms with van der Waals surface area (Å²) in [7, 11) is 0. The van der Waals surface area contributed by atoms with Gasteiger partial charge in [0.05, 0.1) is 11.6 Å². The van der Waals surface area contributed by atoms with Crippen LogP contribution in [-0.2, 0) is 20.4 Å². The highest BCUT2D eigenvalue weighted by molar-refractivity contribution is 5.83. The molecule has 1 atom stereocenters. The van der Waals surface area contributed by atoms with Crippen LogP contribution in [0, 0.1) is 0 Å². The van der Waals surface area contributed by atoms with Gasteiger partial charge in [0.2, 0.25) is 5.79 Å². The summed E-state index contributed by atoms with van der Waals surface area (Å²) < 4.78 is 48.4. The summed E-state index contributed by atoms with van der Waals surface area (Å²) in [5, 5.41) is 0. The Balaban J connectivity index is 2.17. The van der Waals surface area contributed by atoms with Gasteiger partial charge in [-0.25, -0.2) is 4.79 Å². The summed E-state index contributed by atoms with van der Waals surface area (Å²) in [6, 6.07) is 4.87. The molecule has 1 aromatic carbocycles. The van der Waals surface area contributed by atoms with Crippen LogP contribution in [0.25, 0.3) is 0 Å². The molecule has 3 nitrogen and oxygen atoms in total. The van der Waals surface area contributed by atoms with Crippen LogP contribution in [0.2, 0.25) is 0 Å². The Morgan fingerprint density at radius 3 is 2.30 bits per heavy atom. The number of halogens is 3. The highest BCUT2D eigenvalue weighted by Crippen LogP contribution is 2.33. The smallest absolute Gasteiger partial charge is 0.416 e. The Bertz CT molecular complexity index is 627. The van der Waals surface area contributed by atoms with E-state index in [2.05, 4.69) is 6.58 Å². The van der Waals surface area contributed by atoms with Gasteiger partial charge in [-0.15, -0.1) is 6.58 Å². The van der Waals surface area contributed by atoms with Gasteiger partial charge in [-0.05, 0) is 17.7 Å². The quantitative estimate of drug-likeness (QED) is 0.601. The van der Waals surface area contributed by atoms with Gasteiger partial charge in [-0.3, -0.25) is 0 Å². The molecule has 0 unspecified atom stereocenters. The molecule has 124 valence electrons. The molecule has 0 amide bonds. The SMILES string of the molecule is C=C[C@H](CC1=CC(=O)OC(C)(C)O1)c1ccc(C(F)(F)F)cc1. The monoisotopic (exact) mass is 326 g/mol. The molecule has 1 aliphatic rings. The Morgan fingerprint density at radius 2 is 1.83 bits per heavy atom. The van der Waals surface area contributed by atoms with Crippen LogP contribution < -0.4 is 0 Å². The van der Waals surface area contributed by atoms with Gasteiger partial charge >= 0.3 is 12.1 Å². The lowest BCUT2D eigenvalue weighted by Crippen LogP contribution is -2.34. The van der Waals surface area contributed by atoms with E-state index in [0.29, 0.717) is 17.7 Å². The van der Waals surface area contributed by atoms with Crippen molar-refractivity contribution in [3.63, 3.8) is 0 Å². The normalized spacial score (nSPS) is 18.5. The maximum absolute atomic E-state index is 12.6. The zero-order chi connectivity index (χ0) is 17.3. The van der Waals surface area contributed by atoms with Gasteiger partial charge < -0.3 is 9.47 Å². The van der Waals surface area contributed by atoms with Crippen molar-refractivity contribution in [3.8, 4) is 0 Å². The fraction of sp³-hybridized carbons (Fsp3) is 0.353. The molecule has 2 rings (SSSR count). The third-order valence-corrected chi connectivity index (χ3v) is 3.37. The van der Waals surface area contributed by atoms with Crippen molar-refractivity contribution in [2.45, 2.75) is 38.1 Å². The van der Waals surface area contributed by atoms with Crippen LogP contribution in [0.5, 0.6) is 0 Å². The predicted molar refractivity (Wildman–Crippen MR) is 78.3 cm³/mol. The molecular formula is C17H17F3O3. The van der Waals surface area contributed by atoms with Crippen LogP contribution in [0.3, 0.4) is 0 Å². The number of allylic oxidation sites excluding steroid dienone is 2. The molecule has 0 N–H and O–H groups in total. The first kappa shape index (κ1) is 17.1. The zero-order valence-electron chi connectivity index (χ0n) is 12.8. The lowest BCUT2D eigenvalue weighted by atomic mass is 9.93. The molecule has 0 aromatic heterocycles. The molecule has 1 aliphatic heterocycles. The predicted octanol–water partition coefficient (Wildman–Crippen LogP) is 4.56. The number of rotatable bonds is 4. The maximum Gasteiger partial charge on any atom is 0.416 e. The van der Waals surface area contributed by atoms with Gasteiger partial charge in [0.25, 0.3) is 0 Å². The molecule has 0 aliphatic carbocycles. The Labute approximate surface area is 132 Å². The number of alkyl halides is 3. The molecule has 0 saturated carbocycles. The number of benzene rings is 1. The van der Waals surface area contributed by atoms with Crippen LogP contribution >= 0.6 is 0 Å². The van der Waals surface area contributed by atoms with Crippen LogP contribution in [0.1, 0.15) is 37.3 Å². The Morgan fingerprint density at radius 1 is 1.22 bits per heavy atom. The first-order chi connectivity index (χ1) is 10.6. The van der Waals surface area contributed by atoms with E-state index in [0.717, 1.165) is 12.1 Å². The molecule has 6 heteroatoms. The minimum Gasteiger partial charge on any atom is -0.457 e. The van der Waals surface area contributed by atoms with E-state index in [1.807, 2.05) is 0 Å². The maximum atomic E-state index is 12.6. The Hall–Kier alpha value is -2.24. The lowest BCUT2D eigenvalue weighted by molar-refractivity contribution is -0.206.